The van der Waals surface area contributed by atoms with Gasteiger partial charge in [-0.15, -0.1) is 0 Å². The highest BCUT2D eigenvalue weighted by Crippen LogP contribution is 2.39. The second kappa shape index (κ2) is 6.43. The van der Waals surface area contributed by atoms with Crippen LogP contribution in [0.15, 0.2) is 48.5 Å². The SMILES string of the molecule is CCc1ccc(-c2ccccc2C2CCCC(F)C2)cc1. The van der Waals surface area contributed by atoms with Crippen LogP contribution in [0.3, 0.4) is 0 Å². The maximum atomic E-state index is 13.8. The summed E-state index contributed by atoms with van der Waals surface area (Å²) in [4.78, 5) is 0. The molecule has 0 saturated heterocycles. The molecular formula is C20H23F. The average Bonchev–Trinajstić information content (AvgIpc) is 2.55. The lowest BCUT2D eigenvalue weighted by Crippen LogP contribution is -2.15. The summed E-state index contributed by atoms with van der Waals surface area (Å²) in [6.45, 7) is 2.17. The minimum absolute atomic E-state index is 0.371. The lowest BCUT2D eigenvalue weighted by molar-refractivity contribution is 0.231. The normalized spacial score (nSPS) is 22.2. The molecule has 1 heteroatoms. The van der Waals surface area contributed by atoms with E-state index in [4.69, 9.17) is 0 Å². The lowest BCUT2D eigenvalue weighted by atomic mass is 9.80. The molecule has 1 aliphatic rings. The monoisotopic (exact) mass is 282 g/mol. The van der Waals surface area contributed by atoms with Crippen LogP contribution in [-0.2, 0) is 6.42 Å². The van der Waals surface area contributed by atoms with Crippen molar-refractivity contribution in [2.75, 3.05) is 0 Å². The molecule has 2 aromatic carbocycles. The second-order valence-electron chi connectivity index (χ2n) is 6.10. The van der Waals surface area contributed by atoms with Gasteiger partial charge in [0.2, 0.25) is 0 Å². The Hall–Kier alpha value is -1.63. The summed E-state index contributed by atoms with van der Waals surface area (Å²) in [5.41, 5.74) is 5.21. The fourth-order valence-corrected chi connectivity index (χ4v) is 3.45. The van der Waals surface area contributed by atoms with Gasteiger partial charge < -0.3 is 0 Å². The van der Waals surface area contributed by atoms with E-state index < -0.39 is 6.17 Å². The van der Waals surface area contributed by atoms with Gasteiger partial charge in [0.25, 0.3) is 0 Å². The predicted molar refractivity (Wildman–Crippen MR) is 87.4 cm³/mol. The molecule has 0 spiro atoms. The molecule has 0 heterocycles. The van der Waals surface area contributed by atoms with Gasteiger partial charge in [-0.25, -0.2) is 4.39 Å². The first-order chi connectivity index (χ1) is 10.3. The van der Waals surface area contributed by atoms with Gasteiger partial charge in [-0.05, 0) is 60.3 Å². The molecule has 110 valence electrons. The second-order valence-corrected chi connectivity index (χ2v) is 6.10. The summed E-state index contributed by atoms with van der Waals surface area (Å²) in [6, 6.07) is 17.3. The van der Waals surface area contributed by atoms with Crippen molar-refractivity contribution in [2.45, 2.75) is 51.1 Å². The zero-order chi connectivity index (χ0) is 14.7. The number of benzene rings is 2. The fraction of sp³-hybridized carbons (Fsp3) is 0.400. The maximum absolute atomic E-state index is 13.8. The molecule has 0 N–H and O–H groups in total. The Morgan fingerprint density at radius 1 is 1.00 bits per heavy atom. The van der Waals surface area contributed by atoms with Crippen LogP contribution in [0.5, 0.6) is 0 Å². The predicted octanol–water partition coefficient (Wildman–Crippen LogP) is 5.91. The largest absolute Gasteiger partial charge is 0.247 e. The van der Waals surface area contributed by atoms with Gasteiger partial charge in [0.05, 0.1) is 0 Å². The van der Waals surface area contributed by atoms with Gasteiger partial charge in [0.15, 0.2) is 0 Å². The fourth-order valence-electron chi connectivity index (χ4n) is 3.45. The highest BCUT2D eigenvalue weighted by molar-refractivity contribution is 5.68. The number of alkyl halides is 1. The zero-order valence-electron chi connectivity index (χ0n) is 12.7. The number of halogens is 1. The van der Waals surface area contributed by atoms with E-state index in [1.807, 2.05) is 0 Å². The van der Waals surface area contributed by atoms with E-state index in [1.54, 1.807) is 0 Å². The van der Waals surface area contributed by atoms with Crippen LogP contribution < -0.4 is 0 Å². The quantitative estimate of drug-likeness (QED) is 0.656. The lowest BCUT2D eigenvalue weighted by Gasteiger charge is -2.26. The molecule has 0 aliphatic heterocycles. The van der Waals surface area contributed by atoms with Crippen molar-refractivity contribution in [3.63, 3.8) is 0 Å². The van der Waals surface area contributed by atoms with Crippen molar-refractivity contribution in [2.24, 2.45) is 0 Å². The Morgan fingerprint density at radius 2 is 1.76 bits per heavy atom. The third kappa shape index (κ3) is 3.18. The molecule has 0 radical (unpaired) electrons. The van der Waals surface area contributed by atoms with E-state index in [0.29, 0.717) is 12.3 Å². The van der Waals surface area contributed by atoms with Crippen LogP contribution in [0, 0.1) is 0 Å². The molecular weight excluding hydrogens is 259 g/mol. The molecule has 2 unspecified atom stereocenters. The summed E-state index contributed by atoms with van der Waals surface area (Å²) >= 11 is 0. The van der Waals surface area contributed by atoms with Crippen molar-refractivity contribution >= 4 is 0 Å². The van der Waals surface area contributed by atoms with Crippen molar-refractivity contribution in [3.8, 4) is 11.1 Å². The molecule has 21 heavy (non-hydrogen) atoms. The molecule has 0 bridgehead atoms. The topological polar surface area (TPSA) is 0 Å². The molecule has 1 saturated carbocycles. The Morgan fingerprint density at radius 3 is 2.48 bits per heavy atom. The summed E-state index contributed by atoms with van der Waals surface area (Å²) in [5, 5.41) is 0. The summed E-state index contributed by atoms with van der Waals surface area (Å²) in [5.74, 6) is 0.371. The Balaban J connectivity index is 1.94. The average molecular weight is 282 g/mol. The minimum Gasteiger partial charge on any atom is -0.247 e. The van der Waals surface area contributed by atoms with Crippen LogP contribution in [0.25, 0.3) is 11.1 Å². The highest BCUT2D eigenvalue weighted by Gasteiger charge is 2.24. The summed E-state index contributed by atoms with van der Waals surface area (Å²) < 4.78 is 13.8. The minimum atomic E-state index is -0.626. The van der Waals surface area contributed by atoms with Crippen molar-refractivity contribution in [3.05, 3.63) is 59.7 Å². The van der Waals surface area contributed by atoms with Crippen molar-refractivity contribution in [1.29, 1.82) is 0 Å². The first-order valence-corrected chi connectivity index (χ1v) is 8.10. The van der Waals surface area contributed by atoms with Crippen LogP contribution in [0.2, 0.25) is 0 Å². The molecule has 2 aromatic rings. The van der Waals surface area contributed by atoms with Gasteiger partial charge >= 0.3 is 0 Å². The van der Waals surface area contributed by atoms with Crippen molar-refractivity contribution in [1.82, 2.24) is 0 Å². The number of aryl methyl sites for hydroxylation is 1. The van der Waals surface area contributed by atoms with E-state index in [1.165, 1.54) is 22.3 Å². The molecule has 1 aliphatic carbocycles. The number of rotatable bonds is 3. The highest BCUT2D eigenvalue weighted by atomic mass is 19.1. The molecule has 2 atom stereocenters. The molecule has 1 fully saturated rings. The Kier molecular flexibility index (Phi) is 4.38. The van der Waals surface area contributed by atoms with Gasteiger partial charge in [-0.2, -0.15) is 0 Å². The first kappa shape index (κ1) is 14.3. The molecule has 0 amide bonds. The summed E-state index contributed by atoms with van der Waals surface area (Å²) in [6.07, 6.45) is 3.99. The van der Waals surface area contributed by atoms with Gasteiger partial charge in [-0.3, -0.25) is 0 Å². The van der Waals surface area contributed by atoms with E-state index >= 15 is 0 Å². The number of hydrogen-bond acceptors (Lipinski definition) is 0. The van der Waals surface area contributed by atoms with E-state index in [9.17, 15) is 4.39 Å². The van der Waals surface area contributed by atoms with E-state index in [2.05, 4.69) is 55.5 Å². The van der Waals surface area contributed by atoms with Gasteiger partial charge in [0.1, 0.15) is 6.17 Å². The Labute approximate surface area is 127 Å². The molecule has 3 rings (SSSR count). The van der Waals surface area contributed by atoms with Crippen LogP contribution in [-0.4, -0.2) is 6.17 Å². The van der Waals surface area contributed by atoms with Crippen molar-refractivity contribution < 1.29 is 4.39 Å². The standard InChI is InChI=1S/C20H23F/c1-2-15-10-12-16(13-11-15)19-8-3-4-9-20(19)17-6-5-7-18(21)14-17/h3-4,8-13,17-18H,2,5-7,14H2,1H3. The smallest absolute Gasteiger partial charge is 0.101 e. The van der Waals surface area contributed by atoms with Gasteiger partial charge in [0, 0.05) is 0 Å². The molecule has 0 nitrogen and oxygen atoms in total. The van der Waals surface area contributed by atoms with E-state index in [-0.39, 0.29) is 0 Å². The zero-order valence-corrected chi connectivity index (χ0v) is 12.7. The summed E-state index contributed by atoms with van der Waals surface area (Å²) in [7, 11) is 0. The Bertz CT molecular complexity index is 585. The third-order valence-electron chi connectivity index (χ3n) is 4.68. The van der Waals surface area contributed by atoms with Crippen LogP contribution in [0.1, 0.15) is 49.7 Å². The van der Waals surface area contributed by atoms with Crippen LogP contribution in [0.4, 0.5) is 4.39 Å². The maximum Gasteiger partial charge on any atom is 0.101 e. The molecule has 0 aromatic heterocycles. The first-order valence-electron chi connectivity index (χ1n) is 8.10. The van der Waals surface area contributed by atoms with E-state index in [0.717, 1.165) is 25.7 Å². The van der Waals surface area contributed by atoms with Gasteiger partial charge in [-0.1, -0.05) is 55.5 Å². The van der Waals surface area contributed by atoms with Crippen LogP contribution >= 0.6 is 0 Å². The third-order valence-corrected chi connectivity index (χ3v) is 4.68. The number of hydrogen-bond donors (Lipinski definition) is 0.